The van der Waals surface area contributed by atoms with E-state index < -0.39 is 5.60 Å². The zero-order valence-electron chi connectivity index (χ0n) is 15.1. The van der Waals surface area contributed by atoms with Crippen molar-refractivity contribution in [2.24, 2.45) is 7.05 Å². The average molecular weight is 410 g/mol. The van der Waals surface area contributed by atoms with Crippen LogP contribution in [0.4, 0.5) is 4.79 Å². The Balaban J connectivity index is 1.59. The molecule has 2 aromatic rings. The molecule has 1 aromatic carbocycles. The Morgan fingerprint density at radius 1 is 1.28 bits per heavy atom. The number of piperidine rings is 1. The lowest BCUT2D eigenvalue weighted by atomic mass is 10.1. The highest BCUT2D eigenvalue weighted by Gasteiger charge is 2.27. The number of benzene rings is 1. The van der Waals surface area contributed by atoms with Crippen LogP contribution in [0.1, 0.15) is 33.6 Å². The van der Waals surface area contributed by atoms with Gasteiger partial charge in [0, 0.05) is 44.4 Å². The summed E-state index contributed by atoms with van der Waals surface area (Å²) >= 11 is 3.46. The molecule has 0 aliphatic carbocycles. The van der Waals surface area contributed by atoms with E-state index in [1.54, 1.807) is 4.90 Å². The van der Waals surface area contributed by atoms with Gasteiger partial charge in [-0.15, -0.1) is 0 Å². The van der Waals surface area contributed by atoms with Gasteiger partial charge in [-0.05, 0) is 48.8 Å². The Labute approximate surface area is 156 Å². The lowest BCUT2D eigenvalue weighted by molar-refractivity contribution is 0.0127. The second-order valence-corrected chi connectivity index (χ2v) is 8.13. The minimum Gasteiger partial charge on any atom is -0.490 e. The predicted octanol–water partition coefficient (Wildman–Crippen LogP) is 4.11. The van der Waals surface area contributed by atoms with Crippen molar-refractivity contribution in [2.45, 2.75) is 45.3 Å². The van der Waals surface area contributed by atoms with E-state index in [4.69, 9.17) is 9.47 Å². The molecule has 1 fully saturated rings. The monoisotopic (exact) mass is 409 g/mol. The van der Waals surface area contributed by atoms with E-state index in [9.17, 15) is 4.79 Å². The number of hydrogen-bond acceptors (Lipinski definition) is 4. The molecule has 1 aliphatic rings. The zero-order valence-corrected chi connectivity index (χ0v) is 16.7. The number of likely N-dealkylation sites (tertiary alicyclic amines) is 1. The molecule has 2 heterocycles. The molecule has 0 bridgehead atoms. The van der Waals surface area contributed by atoms with E-state index in [1.165, 1.54) is 0 Å². The zero-order chi connectivity index (χ0) is 18.2. The molecule has 1 amide bonds. The van der Waals surface area contributed by atoms with Gasteiger partial charge in [0.25, 0.3) is 0 Å². The van der Waals surface area contributed by atoms with Crippen molar-refractivity contribution in [3.63, 3.8) is 0 Å². The molecule has 1 aliphatic heterocycles. The second-order valence-electron chi connectivity index (χ2n) is 7.38. The Kier molecular flexibility index (Phi) is 4.95. The molecule has 0 radical (unpaired) electrons. The molecular weight excluding hydrogens is 386 g/mol. The first-order valence-corrected chi connectivity index (χ1v) is 9.29. The maximum Gasteiger partial charge on any atom is 0.410 e. The topological polar surface area (TPSA) is 56.6 Å². The maximum atomic E-state index is 12.1. The molecular formula is C18H24BrN3O3. The number of hydrogen-bond donors (Lipinski definition) is 0. The van der Waals surface area contributed by atoms with Crippen LogP contribution < -0.4 is 4.74 Å². The maximum absolute atomic E-state index is 12.1. The number of ether oxygens (including phenoxy) is 2. The predicted molar refractivity (Wildman–Crippen MR) is 99.9 cm³/mol. The van der Waals surface area contributed by atoms with Gasteiger partial charge in [-0.25, -0.2) is 4.79 Å². The highest BCUT2D eigenvalue weighted by atomic mass is 79.9. The van der Waals surface area contributed by atoms with E-state index in [2.05, 4.69) is 21.0 Å². The smallest absolute Gasteiger partial charge is 0.410 e. The number of carbonyl (C=O) groups excluding carboxylic acids is 1. The van der Waals surface area contributed by atoms with Gasteiger partial charge in [-0.1, -0.05) is 0 Å². The van der Waals surface area contributed by atoms with Crippen molar-refractivity contribution in [1.82, 2.24) is 14.7 Å². The van der Waals surface area contributed by atoms with Gasteiger partial charge >= 0.3 is 6.09 Å². The fourth-order valence-electron chi connectivity index (χ4n) is 2.94. The van der Waals surface area contributed by atoms with Crippen molar-refractivity contribution in [2.75, 3.05) is 13.1 Å². The standard InChI is InChI=1S/C18H24BrN3O3/c1-18(2,3)25-17(23)22-9-7-12(8-10-22)24-13-5-6-14-15(11-13)21(4)20-16(14)19/h5-6,11-12H,7-10H2,1-4H3. The van der Waals surface area contributed by atoms with Crippen molar-refractivity contribution < 1.29 is 14.3 Å². The minimum absolute atomic E-state index is 0.104. The Morgan fingerprint density at radius 2 is 1.96 bits per heavy atom. The first kappa shape index (κ1) is 18.0. The highest BCUT2D eigenvalue weighted by molar-refractivity contribution is 9.10. The van der Waals surface area contributed by atoms with Crippen LogP contribution in [0.25, 0.3) is 10.9 Å². The van der Waals surface area contributed by atoms with Crippen molar-refractivity contribution >= 4 is 32.9 Å². The van der Waals surface area contributed by atoms with Gasteiger partial charge in [-0.3, -0.25) is 4.68 Å². The Morgan fingerprint density at radius 3 is 2.60 bits per heavy atom. The fourth-order valence-corrected chi connectivity index (χ4v) is 3.51. The highest BCUT2D eigenvalue weighted by Crippen LogP contribution is 2.28. The molecule has 6 nitrogen and oxygen atoms in total. The Bertz CT molecular complexity index is 774. The summed E-state index contributed by atoms with van der Waals surface area (Å²) in [5.74, 6) is 0.832. The summed E-state index contributed by atoms with van der Waals surface area (Å²) < 4.78 is 14.2. The number of rotatable bonds is 2. The van der Waals surface area contributed by atoms with E-state index in [0.29, 0.717) is 13.1 Å². The van der Waals surface area contributed by atoms with Crippen LogP contribution in [0.3, 0.4) is 0 Å². The molecule has 0 saturated carbocycles. The number of aromatic nitrogens is 2. The van der Waals surface area contributed by atoms with Gasteiger partial charge in [0.2, 0.25) is 0 Å². The largest absolute Gasteiger partial charge is 0.490 e. The summed E-state index contributed by atoms with van der Waals surface area (Å²) in [6.45, 7) is 6.95. The van der Waals surface area contributed by atoms with Gasteiger partial charge in [0.15, 0.2) is 0 Å². The van der Waals surface area contributed by atoms with Crippen LogP contribution in [-0.4, -0.2) is 45.6 Å². The van der Waals surface area contributed by atoms with E-state index in [0.717, 1.165) is 34.1 Å². The van der Waals surface area contributed by atoms with Gasteiger partial charge < -0.3 is 14.4 Å². The van der Waals surface area contributed by atoms with Crippen molar-refractivity contribution in [3.05, 3.63) is 22.8 Å². The van der Waals surface area contributed by atoms with Crippen LogP contribution in [0.2, 0.25) is 0 Å². The summed E-state index contributed by atoms with van der Waals surface area (Å²) in [6, 6.07) is 5.99. The quantitative estimate of drug-likeness (QED) is 0.748. The van der Waals surface area contributed by atoms with E-state index in [-0.39, 0.29) is 12.2 Å². The number of nitrogens with zero attached hydrogens (tertiary/aromatic N) is 3. The molecule has 7 heteroatoms. The Hall–Kier alpha value is -1.76. The van der Waals surface area contributed by atoms with Gasteiger partial charge in [-0.2, -0.15) is 5.10 Å². The molecule has 1 aromatic heterocycles. The first-order valence-electron chi connectivity index (χ1n) is 8.50. The van der Waals surface area contributed by atoms with Crippen LogP contribution in [0, 0.1) is 0 Å². The molecule has 0 unspecified atom stereocenters. The summed E-state index contributed by atoms with van der Waals surface area (Å²) in [5, 5.41) is 5.42. The number of halogens is 1. The minimum atomic E-state index is -0.461. The van der Waals surface area contributed by atoms with Crippen molar-refractivity contribution in [3.8, 4) is 5.75 Å². The third-order valence-electron chi connectivity index (χ3n) is 4.17. The third-order valence-corrected chi connectivity index (χ3v) is 4.76. The molecule has 0 atom stereocenters. The van der Waals surface area contributed by atoms with E-state index in [1.807, 2.05) is 50.7 Å². The lowest BCUT2D eigenvalue weighted by Crippen LogP contribution is -2.44. The van der Waals surface area contributed by atoms with Gasteiger partial charge in [0.1, 0.15) is 22.1 Å². The molecule has 136 valence electrons. The second kappa shape index (κ2) is 6.86. The molecule has 25 heavy (non-hydrogen) atoms. The average Bonchev–Trinajstić information content (AvgIpc) is 2.81. The van der Waals surface area contributed by atoms with Crippen LogP contribution in [0.15, 0.2) is 22.8 Å². The first-order chi connectivity index (χ1) is 11.7. The van der Waals surface area contributed by atoms with Crippen LogP contribution in [0.5, 0.6) is 5.75 Å². The molecule has 3 rings (SSSR count). The fraction of sp³-hybridized carbons (Fsp3) is 0.556. The SMILES string of the molecule is Cn1nc(Br)c2ccc(OC3CCN(C(=O)OC(C)(C)C)CC3)cc21. The van der Waals surface area contributed by atoms with Crippen molar-refractivity contribution in [1.29, 1.82) is 0 Å². The van der Waals surface area contributed by atoms with Crippen LogP contribution >= 0.6 is 15.9 Å². The number of amides is 1. The summed E-state index contributed by atoms with van der Waals surface area (Å²) in [6.07, 6.45) is 1.46. The molecule has 1 saturated heterocycles. The molecule has 0 N–H and O–H groups in total. The summed E-state index contributed by atoms with van der Waals surface area (Å²) in [4.78, 5) is 13.9. The summed E-state index contributed by atoms with van der Waals surface area (Å²) in [5.41, 5.74) is 0.563. The summed E-state index contributed by atoms with van der Waals surface area (Å²) in [7, 11) is 1.91. The number of carbonyl (C=O) groups is 1. The number of aryl methyl sites for hydroxylation is 1. The van der Waals surface area contributed by atoms with Crippen LogP contribution in [-0.2, 0) is 11.8 Å². The van der Waals surface area contributed by atoms with E-state index >= 15 is 0 Å². The third kappa shape index (κ3) is 4.26. The normalized spacial score (nSPS) is 16.3. The number of fused-ring (bicyclic) bond motifs is 1. The molecule has 0 spiro atoms. The lowest BCUT2D eigenvalue weighted by Gasteiger charge is -2.33. The van der Waals surface area contributed by atoms with Gasteiger partial charge in [0.05, 0.1) is 5.52 Å².